The largest absolute Gasteiger partial charge is 0.337 e. The zero-order valence-electron chi connectivity index (χ0n) is 13.8. The Balaban J connectivity index is 0.00000169. The van der Waals surface area contributed by atoms with Gasteiger partial charge < -0.3 is 10.2 Å². The summed E-state index contributed by atoms with van der Waals surface area (Å²) in [6.07, 6.45) is 1.09. The van der Waals surface area contributed by atoms with Gasteiger partial charge in [0, 0.05) is 50.9 Å². The molecule has 0 spiro atoms. The lowest BCUT2D eigenvalue weighted by Crippen LogP contribution is -2.49. The van der Waals surface area contributed by atoms with Crippen LogP contribution in [0.3, 0.4) is 0 Å². The Morgan fingerprint density at radius 3 is 2.58 bits per heavy atom. The highest BCUT2D eigenvalue weighted by molar-refractivity contribution is 6.07. The lowest BCUT2D eigenvalue weighted by Gasteiger charge is -2.32. The van der Waals surface area contributed by atoms with Crippen molar-refractivity contribution < 1.29 is 4.79 Å². The number of carbonyl (C=O) groups excluding carboxylic acids is 1. The van der Waals surface area contributed by atoms with E-state index in [9.17, 15) is 4.79 Å². The van der Waals surface area contributed by atoms with Crippen LogP contribution >= 0.6 is 12.4 Å². The minimum absolute atomic E-state index is 0. The van der Waals surface area contributed by atoms with E-state index in [-0.39, 0.29) is 18.3 Å². The van der Waals surface area contributed by atoms with E-state index in [0.717, 1.165) is 62.0 Å². The molecule has 2 saturated heterocycles. The summed E-state index contributed by atoms with van der Waals surface area (Å²) in [5, 5.41) is 5.59. The highest BCUT2D eigenvalue weighted by atomic mass is 35.5. The van der Waals surface area contributed by atoms with E-state index in [1.807, 2.05) is 35.2 Å². The number of rotatable bonds is 2. The average molecular weight is 346 g/mol. The van der Waals surface area contributed by atoms with Crippen LogP contribution in [-0.4, -0.2) is 61.0 Å². The number of likely N-dealkylation sites (tertiary alicyclic amines) is 1. The highest BCUT2D eigenvalue weighted by Gasteiger charge is 2.31. The molecule has 1 N–H and O–H groups in total. The van der Waals surface area contributed by atoms with Crippen molar-refractivity contribution >= 4 is 29.1 Å². The Kier molecular flexibility index (Phi) is 5.39. The van der Waals surface area contributed by atoms with Gasteiger partial charge in [0.15, 0.2) is 0 Å². The molecule has 0 saturated carbocycles. The van der Waals surface area contributed by atoms with Crippen molar-refractivity contribution in [3.8, 4) is 0 Å². The maximum Gasteiger partial charge on any atom is 0.254 e. The number of nitrogens with one attached hydrogen (secondary N) is 1. The maximum absolute atomic E-state index is 13.0. The molecule has 4 rings (SSSR count). The van der Waals surface area contributed by atoms with E-state index < -0.39 is 0 Å². The van der Waals surface area contributed by atoms with Crippen LogP contribution in [0.15, 0.2) is 42.5 Å². The summed E-state index contributed by atoms with van der Waals surface area (Å²) in [5.74, 6) is 0.180. The molecule has 0 bridgehead atoms. The molecule has 0 aromatic heterocycles. The van der Waals surface area contributed by atoms with Crippen molar-refractivity contribution in [1.82, 2.24) is 15.1 Å². The normalized spacial score (nSPS) is 21.7. The monoisotopic (exact) mass is 345 g/mol. The van der Waals surface area contributed by atoms with Crippen LogP contribution in [0.1, 0.15) is 16.8 Å². The quantitative estimate of drug-likeness (QED) is 0.907. The van der Waals surface area contributed by atoms with Gasteiger partial charge in [-0.1, -0.05) is 36.4 Å². The molecule has 4 nitrogen and oxygen atoms in total. The van der Waals surface area contributed by atoms with Crippen LogP contribution in [0.4, 0.5) is 0 Å². The van der Waals surface area contributed by atoms with Gasteiger partial charge >= 0.3 is 0 Å². The second-order valence-corrected chi connectivity index (χ2v) is 6.51. The molecule has 2 aromatic rings. The van der Waals surface area contributed by atoms with E-state index in [1.165, 1.54) is 0 Å². The van der Waals surface area contributed by atoms with Gasteiger partial charge in [-0.15, -0.1) is 12.4 Å². The second-order valence-electron chi connectivity index (χ2n) is 6.51. The van der Waals surface area contributed by atoms with E-state index >= 15 is 0 Å². The van der Waals surface area contributed by atoms with Gasteiger partial charge in [-0.25, -0.2) is 0 Å². The summed E-state index contributed by atoms with van der Waals surface area (Å²) in [6, 6.07) is 14.7. The fourth-order valence-electron chi connectivity index (χ4n) is 3.85. The van der Waals surface area contributed by atoms with E-state index in [2.05, 4.69) is 22.3 Å². The van der Waals surface area contributed by atoms with Crippen molar-refractivity contribution in [2.45, 2.75) is 12.5 Å². The highest BCUT2D eigenvalue weighted by Crippen LogP contribution is 2.23. The Bertz CT molecular complexity index is 709. The molecule has 2 fully saturated rings. The summed E-state index contributed by atoms with van der Waals surface area (Å²) in [5.41, 5.74) is 0.837. The Morgan fingerprint density at radius 2 is 1.75 bits per heavy atom. The van der Waals surface area contributed by atoms with Crippen LogP contribution in [0, 0.1) is 0 Å². The van der Waals surface area contributed by atoms with Crippen molar-refractivity contribution in [1.29, 1.82) is 0 Å². The van der Waals surface area contributed by atoms with E-state index in [4.69, 9.17) is 0 Å². The van der Waals surface area contributed by atoms with Crippen LogP contribution in [0.5, 0.6) is 0 Å². The number of hydrogen-bond acceptors (Lipinski definition) is 3. The minimum atomic E-state index is 0. The smallest absolute Gasteiger partial charge is 0.254 e. The van der Waals surface area contributed by atoms with Crippen molar-refractivity contribution in [2.75, 3.05) is 39.3 Å². The predicted octanol–water partition coefficient (Wildman–Crippen LogP) is 2.38. The third-order valence-corrected chi connectivity index (χ3v) is 5.14. The summed E-state index contributed by atoms with van der Waals surface area (Å²) < 4.78 is 0. The van der Waals surface area contributed by atoms with E-state index in [1.54, 1.807) is 0 Å². The number of amides is 1. The molecule has 2 aliphatic rings. The van der Waals surface area contributed by atoms with Gasteiger partial charge in [-0.3, -0.25) is 9.69 Å². The topological polar surface area (TPSA) is 35.6 Å². The number of fused-ring (bicyclic) bond motifs is 1. The fraction of sp³-hybridized carbons (Fsp3) is 0.421. The summed E-state index contributed by atoms with van der Waals surface area (Å²) in [4.78, 5) is 17.6. The Labute approximate surface area is 149 Å². The third kappa shape index (κ3) is 3.27. The SMILES string of the molecule is Cl.O=C(c1cccc2ccccc12)N1CCC(N2CCNCC2)C1. The Morgan fingerprint density at radius 1 is 1.00 bits per heavy atom. The van der Waals surface area contributed by atoms with Gasteiger partial charge in [0.25, 0.3) is 5.91 Å². The van der Waals surface area contributed by atoms with Crippen molar-refractivity contribution in [2.24, 2.45) is 0 Å². The van der Waals surface area contributed by atoms with Crippen LogP contribution in [0.2, 0.25) is 0 Å². The maximum atomic E-state index is 13.0. The summed E-state index contributed by atoms with van der Waals surface area (Å²) in [6.45, 7) is 6.06. The lowest BCUT2D eigenvalue weighted by atomic mass is 10.0. The van der Waals surface area contributed by atoms with Gasteiger partial charge in [0.05, 0.1) is 0 Å². The molecule has 2 aromatic carbocycles. The number of piperazine rings is 1. The lowest BCUT2D eigenvalue weighted by molar-refractivity contribution is 0.0775. The predicted molar refractivity (Wildman–Crippen MR) is 99.9 cm³/mol. The molecule has 2 aliphatic heterocycles. The zero-order chi connectivity index (χ0) is 15.6. The van der Waals surface area contributed by atoms with Gasteiger partial charge in [-0.05, 0) is 23.3 Å². The molecule has 2 heterocycles. The molecule has 1 amide bonds. The molecular weight excluding hydrogens is 322 g/mol. The van der Waals surface area contributed by atoms with Crippen molar-refractivity contribution in [3.05, 3.63) is 48.0 Å². The molecule has 0 aliphatic carbocycles. The first-order chi connectivity index (χ1) is 11.3. The van der Waals surface area contributed by atoms with E-state index in [0.29, 0.717) is 6.04 Å². The number of benzene rings is 2. The molecule has 1 atom stereocenters. The number of hydrogen-bond donors (Lipinski definition) is 1. The first kappa shape index (κ1) is 17.2. The van der Waals surface area contributed by atoms with Gasteiger partial charge in [-0.2, -0.15) is 0 Å². The van der Waals surface area contributed by atoms with Gasteiger partial charge in [0.2, 0.25) is 0 Å². The molecular formula is C19H24ClN3O. The first-order valence-corrected chi connectivity index (χ1v) is 8.55. The average Bonchev–Trinajstić information content (AvgIpc) is 3.11. The molecule has 0 radical (unpaired) electrons. The minimum Gasteiger partial charge on any atom is -0.337 e. The number of nitrogens with zero attached hydrogens (tertiary/aromatic N) is 2. The second kappa shape index (κ2) is 7.51. The molecule has 5 heteroatoms. The van der Waals surface area contributed by atoms with Gasteiger partial charge in [0.1, 0.15) is 0 Å². The van der Waals surface area contributed by atoms with Crippen LogP contribution in [-0.2, 0) is 0 Å². The standard InChI is InChI=1S/C19H23N3O.ClH/c23-19(18-7-3-5-15-4-1-2-6-17(15)18)22-11-8-16(14-22)21-12-9-20-10-13-21;/h1-7,16,20H,8-14H2;1H. The van der Waals surface area contributed by atoms with Crippen LogP contribution < -0.4 is 5.32 Å². The molecule has 24 heavy (non-hydrogen) atoms. The molecule has 128 valence electrons. The summed E-state index contributed by atoms with van der Waals surface area (Å²) in [7, 11) is 0. The number of carbonyl (C=O) groups is 1. The molecule has 1 unspecified atom stereocenters. The van der Waals surface area contributed by atoms with Crippen molar-refractivity contribution in [3.63, 3.8) is 0 Å². The summed E-state index contributed by atoms with van der Waals surface area (Å²) >= 11 is 0. The number of halogens is 1. The van der Waals surface area contributed by atoms with Crippen LogP contribution in [0.25, 0.3) is 10.8 Å². The first-order valence-electron chi connectivity index (χ1n) is 8.55. The zero-order valence-corrected chi connectivity index (χ0v) is 14.6. The Hall–Kier alpha value is -1.62. The fourth-order valence-corrected chi connectivity index (χ4v) is 3.85. The third-order valence-electron chi connectivity index (χ3n) is 5.14.